The molecule has 0 unspecified atom stereocenters. The van der Waals surface area contributed by atoms with Crippen LogP contribution in [0.15, 0.2) is 0 Å². The van der Waals surface area contributed by atoms with E-state index >= 15 is 0 Å². The van der Waals surface area contributed by atoms with E-state index in [0.29, 0.717) is 0 Å². The predicted molar refractivity (Wildman–Crippen MR) is 108 cm³/mol. The van der Waals surface area contributed by atoms with E-state index < -0.39 is 20.2 Å². The molecular weight excluding hydrogens is 387 g/mol. The van der Waals surface area contributed by atoms with Crippen molar-refractivity contribution >= 4 is 20.2 Å². The van der Waals surface area contributed by atoms with Crippen LogP contribution < -0.4 is 0 Å². The molecule has 0 spiro atoms. The standard InChI is InChI=1S/2C8H17.C5H11O.Sn/c2*1-3-5-7-8-6-4-2;1-5(2)3-4-6;/h2*1,3-8H2,2H3;5H,3-4H2,1-2H3;/q;;-1;+1. The summed E-state index contributed by atoms with van der Waals surface area (Å²) in [5.74, 6) is 0.794. The molecule has 0 N–H and O–H groups in total. The van der Waals surface area contributed by atoms with Crippen molar-refractivity contribution in [3.05, 3.63) is 0 Å². The van der Waals surface area contributed by atoms with E-state index in [1.54, 1.807) is 0 Å². The van der Waals surface area contributed by atoms with E-state index in [2.05, 4.69) is 27.7 Å². The zero-order chi connectivity index (χ0) is 17.2. The first-order valence-corrected chi connectivity index (χ1v) is 15.9. The molecule has 0 heterocycles. The minimum absolute atomic E-state index is 0.794. The molecule has 0 aliphatic heterocycles. The third kappa shape index (κ3) is 18.9. The van der Waals surface area contributed by atoms with Gasteiger partial charge in [-0.15, -0.1) is 0 Å². The summed E-state index contributed by atoms with van der Waals surface area (Å²) in [7, 11) is 0. The van der Waals surface area contributed by atoms with Gasteiger partial charge in [0.15, 0.2) is 0 Å². The molecule has 1 nitrogen and oxygen atoms in total. The van der Waals surface area contributed by atoms with Gasteiger partial charge in [-0.1, -0.05) is 0 Å². The molecule has 0 atom stereocenters. The quantitative estimate of drug-likeness (QED) is 0.159. The van der Waals surface area contributed by atoms with Gasteiger partial charge in [0.05, 0.1) is 0 Å². The van der Waals surface area contributed by atoms with Crippen molar-refractivity contribution in [3.63, 3.8) is 0 Å². The first kappa shape index (κ1) is 23.8. The van der Waals surface area contributed by atoms with E-state index in [0.717, 1.165) is 12.5 Å². The van der Waals surface area contributed by atoms with Gasteiger partial charge in [-0.25, -0.2) is 0 Å². The Morgan fingerprint density at radius 2 is 1.09 bits per heavy atom. The maximum atomic E-state index is 6.41. The summed E-state index contributed by atoms with van der Waals surface area (Å²) < 4.78 is 9.38. The Morgan fingerprint density at radius 3 is 1.52 bits per heavy atom. The van der Waals surface area contributed by atoms with Gasteiger partial charge in [-0.3, -0.25) is 0 Å². The van der Waals surface area contributed by atoms with Gasteiger partial charge in [0.25, 0.3) is 0 Å². The van der Waals surface area contributed by atoms with Crippen molar-refractivity contribution in [2.24, 2.45) is 5.92 Å². The summed E-state index contributed by atoms with van der Waals surface area (Å²) in [6, 6.07) is 0. The number of hydrogen-bond acceptors (Lipinski definition) is 1. The second kappa shape index (κ2) is 19.1. The number of hydrogen-bond donors (Lipinski definition) is 0. The van der Waals surface area contributed by atoms with Gasteiger partial charge >= 0.3 is 156 Å². The molecule has 0 bridgehead atoms. The average Bonchev–Trinajstić information content (AvgIpc) is 2.53. The van der Waals surface area contributed by atoms with Crippen molar-refractivity contribution in [3.8, 4) is 0 Å². The van der Waals surface area contributed by atoms with Crippen LogP contribution in [-0.4, -0.2) is 26.8 Å². The fraction of sp³-hybridized carbons (Fsp3) is 1.00. The van der Waals surface area contributed by atoms with E-state index in [-0.39, 0.29) is 0 Å². The molecule has 1 radical (unpaired) electrons. The fourth-order valence-corrected chi connectivity index (χ4v) is 9.29. The number of unbranched alkanes of at least 4 members (excludes halogenated alkanes) is 10. The summed E-state index contributed by atoms with van der Waals surface area (Å²) in [4.78, 5) is 0. The minimum atomic E-state index is -1.51. The van der Waals surface area contributed by atoms with E-state index in [1.165, 1.54) is 92.3 Å². The average molecular weight is 432 g/mol. The van der Waals surface area contributed by atoms with Gasteiger partial charge in [-0.2, -0.15) is 0 Å². The van der Waals surface area contributed by atoms with Crippen LogP contribution in [0, 0.1) is 5.92 Å². The first-order chi connectivity index (χ1) is 11.2. The van der Waals surface area contributed by atoms with E-state index in [4.69, 9.17) is 3.07 Å². The van der Waals surface area contributed by atoms with Crippen molar-refractivity contribution < 1.29 is 3.07 Å². The normalized spacial score (nSPS) is 11.7. The van der Waals surface area contributed by atoms with E-state index in [1.807, 2.05) is 0 Å². The second-order valence-corrected chi connectivity index (χ2v) is 14.4. The van der Waals surface area contributed by atoms with Crippen LogP contribution in [0.1, 0.15) is 111 Å². The Labute approximate surface area is 155 Å². The van der Waals surface area contributed by atoms with Crippen molar-refractivity contribution in [2.45, 2.75) is 120 Å². The van der Waals surface area contributed by atoms with E-state index in [9.17, 15) is 0 Å². The molecule has 0 saturated carbocycles. The van der Waals surface area contributed by atoms with Crippen molar-refractivity contribution in [1.29, 1.82) is 0 Å². The van der Waals surface area contributed by atoms with Crippen LogP contribution in [0.5, 0.6) is 0 Å². The third-order valence-electron chi connectivity index (χ3n) is 4.62. The molecule has 0 aromatic rings. The number of rotatable bonds is 18. The Balaban J connectivity index is 3.75. The zero-order valence-electron chi connectivity index (χ0n) is 16.8. The topological polar surface area (TPSA) is 9.23 Å². The Morgan fingerprint density at radius 1 is 0.652 bits per heavy atom. The molecule has 0 aromatic heterocycles. The van der Waals surface area contributed by atoms with Crippen LogP contribution in [0.25, 0.3) is 0 Å². The van der Waals surface area contributed by atoms with Crippen LogP contribution in [0.3, 0.4) is 0 Å². The second-order valence-electron chi connectivity index (χ2n) is 7.61. The molecule has 0 aromatic carbocycles. The summed E-state index contributed by atoms with van der Waals surface area (Å²) >= 11 is -1.51. The molecule has 2 heteroatoms. The first-order valence-electron chi connectivity index (χ1n) is 10.7. The SMILES string of the molecule is CCCCCCC[CH2][Sn]([CH2]CCCCCCC)[O]CCC(C)C. The zero-order valence-corrected chi connectivity index (χ0v) is 19.7. The molecule has 139 valence electrons. The Bertz CT molecular complexity index is 202. The van der Waals surface area contributed by atoms with Gasteiger partial charge in [0.1, 0.15) is 0 Å². The Kier molecular flexibility index (Phi) is 19.7. The summed E-state index contributed by atoms with van der Waals surface area (Å²) in [5, 5.41) is 0. The monoisotopic (exact) mass is 433 g/mol. The summed E-state index contributed by atoms with van der Waals surface area (Å²) in [6.45, 7) is 10.3. The van der Waals surface area contributed by atoms with Crippen LogP contribution in [-0.2, 0) is 3.07 Å². The molecule has 0 fully saturated rings. The summed E-state index contributed by atoms with van der Waals surface area (Å²) in [5.41, 5.74) is 0. The predicted octanol–water partition coefficient (Wildman–Crippen LogP) is 7.76. The van der Waals surface area contributed by atoms with Gasteiger partial charge < -0.3 is 0 Å². The molecule has 23 heavy (non-hydrogen) atoms. The van der Waals surface area contributed by atoms with Crippen LogP contribution >= 0.6 is 0 Å². The molecular formula is C21H45OSn. The molecule has 0 amide bonds. The Hall–Kier alpha value is 0.759. The molecule has 0 aliphatic carbocycles. The molecule has 0 saturated heterocycles. The van der Waals surface area contributed by atoms with Crippen molar-refractivity contribution in [1.82, 2.24) is 0 Å². The maximum absolute atomic E-state index is 6.41. The van der Waals surface area contributed by atoms with Gasteiger partial charge in [0.2, 0.25) is 0 Å². The fourth-order valence-electron chi connectivity index (χ4n) is 2.91. The molecule has 0 rings (SSSR count). The summed E-state index contributed by atoms with van der Waals surface area (Å²) in [6.07, 6.45) is 18.4. The van der Waals surface area contributed by atoms with Crippen molar-refractivity contribution in [2.75, 3.05) is 6.61 Å². The van der Waals surface area contributed by atoms with Gasteiger partial charge in [-0.05, 0) is 0 Å². The molecule has 0 aliphatic rings. The van der Waals surface area contributed by atoms with Crippen LogP contribution in [0.4, 0.5) is 0 Å². The third-order valence-corrected chi connectivity index (χ3v) is 11.6. The van der Waals surface area contributed by atoms with Gasteiger partial charge in [0, 0.05) is 0 Å². The van der Waals surface area contributed by atoms with Crippen LogP contribution in [0.2, 0.25) is 8.87 Å².